The standard InChI is InChI=1S/C17H18N4O2S/c22-14-7-4-10-20(14)15(23)11-24-17-18-16(12-8-9-12)21(19-17)13-5-2-1-3-6-13/h1-3,5-6,12H,4,7-11H2. The van der Waals surface area contributed by atoms with Crippen molar-refractivity contribution < 1.29 is 9.59 Å². The van der Waals surface area contributed by atoms with Gasteiger partial charge in [0.05, 0.1) is 11.4 Å². The van der Waals surface area contributed by atoms with Crippen molar-refractivity contribution in [1.82, 2.24) is 19.7 Å². The Balaban J connectivity index is 1.50. The smallest absolute Gasteiger partial charge is 0.239 e. The van der Waals surface area contributed by atoms with Crippen LogP contribution in [0.5, 0.6) is 0 Å². The fraction of sp³-hybridized carbons (Fsp3) is 0.412. The van der Waals surface area contributed by atoms with Crippen LogP contribution in [-0.2, 0) is 9.59 Å². The summed E-state index contributed by atoms with van der Waals surface area (Å²) in [4.78, 5) is 29.8. The molecule has 1 aliphatic carbocycles. The first kappa shape index (κ1) is 15.4. The molecule has 2 heterocycles. The van der Waals surface area contributed by atoms with Gasteiger partial charge in [0.15, 0.2) is 0 Å². The molecule has 4 rings (SSSR count). The number of thioether (sulfide) groups is 1. The van der Waals surface area contributed by atoms with Crippen molar-refractivity contribution in [1.29, 1.82) is 0 Å². The van der Waals surface area contributed by atoms with Gasteiger partial charge in [0.1, 0.15) is 5.82 Å². The van der Waals surface area contributed by atoms with E-state index in [1.807, 2.05) is 35.0 Å². The first-order valence-corrected chi connectivity index (χ1v) is 9.19. The molecule has 0 spiro atoms. The van der Waals surface area contributed by atoms with Crippen LogP contribution in [0, 0.1) is 0 Å². The summed E-state index contributed by atoms with van der Waals surface area (Å²) in [6.07, 6.45) is 3.51. The first-order chi connectivity index (χ1) is 11.7. The van der Waals surface area contributed by atoms with Crippen LogP contribution in [0.1, 0.15) is 37.4 Å². The molecule has 6 nitrogen and oxygen atoms in total. The summed E-state index contributed by atoms with van der Waals surface area (Å²) >= 11 is 1.31. The molecule has 7 heteroatoms. The molecule has 0 N–H and O–H groups in total. The van der Waals surface area contributed by atoms with Crippen molar-refractivity contribution in [2.45, 2.75) is 36.8 Å². The molecule has 1 aromatic carbocycles. The van der Waals surface area contributed by atoms with E-state index in [1.54, 1.807) is 0 Å². The molecule has 2 aromatic rings. The number of carbonyl (C=O) groups excluding carboxylic acids is 2. The number of para-hydroxylation sites is 1. The predicted molar refractivity (Wildman–Crippen MR) is 90.0 cm³/mol. The van der Waals surface area contributed by atoms with Crippen LogP contribution in [0.3, 0.4) is 0 Å². The second-order valence-electron chi connectivity index (χ2n) is 6.11. The van der Waals surface area contributed by atoms with Gasteiger partial charge >= 0.3 is 0 Å². The summed E-state index contributed by atoms with van der Waals surface area (Å²) in [7, 11) is 0. The van der Waals surface area contributed by atoms with Gasteiger partial charge in [-0.25, -0.2) is 9.67 Å². The number of rotatable bonds is 5. The van der Waals surface area contributed by atoms with Gasteiger partial charge in [0, 0.05) is 18.9 Å². The average Bonchev–Trinajstić information content (AvgIpc) is 3.22. The predicted octanol–water partition coefficient (Wildman–Crippen LogP) is 2.39. The van der Waals surface area contributed by atoms with E-state index in [0.29, 0.717) is 24.0 Å². The quantitative estimate of drug-likeness (QED) is 0.781. The van der Waals surface area contributed by atoms with Gasteiger partial charge in [-0.3, -0.25) is 14.5 Å². The lowest BCUT2D eigenvalue weighted by Crippen LogP contribution is -2.33. The molecule has 1 aliphatic heterocycles. The molecule has 0 atom stereocenters. The fourth-order valence-corrected chi connectivity index (χ4v) is 3.55. The lowest BCUT2D eigenvalue weighted by Gasteiger charge is -2.11. The normalized spacial score (nSPS) is 17.5. The molecule has 1 saturated heterocycles. The molecular formula is C17H18N4O2S. The van der Waals surface area contributed by atoms with Gasteiger partial charge in [0.2, 0.25) is 17.0 Å². The van der Waals surface area contributed by atoms with E-state index in [4.69, 9.17) is 0 Å². The van der Waals surface area contributed by atoms with Crippen molar-refractivity contribution in [3.05, 3.63) is 36.2 Å². The largest absolute Gasteiger partial charge is 0.282 e. The van der Waals surface area contributed by atoms with Gasteiger partial charge in [-0.15, -0.1) is 5.10 Å². The Bertz CT molecular complexity index is 770. The van der Waals surface area contributed by atoms with Crippen LogP contribution in [-0.4, -0.2) is 43.8 Å². The minimum atomic E-state index is -0.147. The SMILES string of the molecule is O=C1CCCN1C(=O)CSc1nc(C2CC2)n(-c2ccccc2)n1. The Hall–Kier alpha value is -2.15. The molecule has 2 fully saturated rings. The Kier molecular flexibility index (Phi) is 4.10. The van der Waals surface area contributed by atoms with Crippen LogP contribution in [0.2, 0.25) is 0 Å². The highest BCUT2D eigenvalue weighted by Gasteiger charge is 2.31. The lowest BCUT2D eigenvalue weighted by molar-refractivity contribution is -0.140. The molecule has 1 saturated carbocycles. The third-order valence-corrected chi connectivity index (χ3v) is 5.08. The second kappa shape index (κ2) is 6.39. The zero-order chi connectivity index (χ0) is 16.5. The Morgan fingerprint density at radius 3 is 2.71 bits per heavy atom. The van der Waals surface area contributed by atoms with Gasteiger partial charge in [-0.05, 0) is 31.4 Å². The van der Waals surface area contributed by atoms with E-state index in [2.05, 4.69) is 10.1 Å². The molecule has 1 aromatic heterocycles. The van der Waals surface area contributed by atoms with Crippen molar-refractivity contribution >= 4 is 23.6 Å². The fourth-order valence-electron chi connectivity index (χ4n) is 2.85. The monoisotopic (exact) mass is 342 g/mol. The molecule has 0 bridgehead atoms. The topological polar surface area (TPSA) is 68.1 Å². The Labute approximate surface area is 144 Å². The maximum atomic E-state index is 12.2. The Morgan fingerprint density at radius 1 is 1.25 bits per heavy atom. The van der Waals surface area contributed by atoms with E-state index in [9.17, 15) is 9.59 Å². The summed E-state index contributed by atoms with van der Waals surface area (Å²) in [6.45, 7) is 0.539. The van der Waals surface area contributed by atoms with Crippen LogP contribution in [0.15, 0.2) is 35.5 Å². The lowest BCUT2D eigenvalue weighted by atomic mass is 10.3. The van der Waals surface area contributed by atoms with Crippen LogP contribution in [0.25, 0.3) is 5.69 Å². The van der Waals surface area contributed by atoms with Crippen LogP contribution in [0.4, 0.5) is 0 Å². The molecule has 0 unspecified atom stereocenters. The average molecular weight is 342 g/mol. The van der Waals surface area contributed by atoms with Gasteiger partial charge in [-0.2, -0.15) is 0 Å². The van der Waals surface area contributed by atoms with E-state index < -0.39 is 0 Å². The zero-order valence-corrected chi connectivity index (χ0v) is 14.0. The summed E-state index contributed by atoms with van der Waals surface area (Å²) in [6, 6.07) is 9.93. The molecular weight excluding hydrogens is 324 g/mol. The molecule has 2 amide bonds. The van der Waals surface area contributed by atoms with E-state index in [-0.39, 0.29) is 17.6 Å². The summed E-state index contributed by atoms with van der Waals surface area (Å²) in [5, 5.41) is 5.17. The number of likely N-dealkylation sites (tertiary alicyclic amines) is 1. The minimum absolute atomic E-state index is 0.0676. The second-order valence-corrected chi connectivity index (χ2v) is 7.05. The number of imide groups is 1. The highest BCUT2D eigenvalue weighted by Crippen LogP contribution is 2.40. The number of carbonyl (C=O) groups is 2. The van der Waals surface area contributed by atoms with Gasteiger partial charge in [-0.1, -0.05) is 30.0 Å². The van der Waals surface area contributed by atoms with Crippen molar-refractivity contribution in [3.8, 4) is 5.69 Å². The number of amides is 2. The van der Waals surface area contributed by atoms with Crippen molar-refractivity contribution in [3.63, 3.8) is 0 Å². The van der Waals surface area contributed by atoms with Crippen LogP contribution < -0.4 is 0 Å². The molecule has 124 valence electrons. The minimum Gasteiger partial charge on any atom is -0.282 e. The first-order valence-electron chi connectivity index (χ1n) is 8.21. The van der Waals surface area contributed by atoms with Crippen LogP contribution >= 0.6 is 11.8 Å². The summed E-state index contributed by atoms with van der Waals surface area (Å²) in [5.41, 5.74) is 0.986. The number of hydrogen-bond donors (Lipinski definition) is 0. The third-order valence-electron chi connectivity index (χ3n) is 4.26. The Morgan fingerprint density at radius 2 is 2.04 bits per heavy atom. The van der Waals surface area contributed by atoms with E-state index >= 15 is 0 Å². The summed E-state index contributed by atoms with van der Waals surface area (Å²) in [5.74, 6) is 1.42. The third kappa shape index (κ3) is 3.08. The maximum absolute atomic E-state index is 12.2. The molecule has 0 radical (unpaired) electrons. The van der Waals surface area contributed by atoms with Crippen molar-refractivity contribution in [2.75, 3.05) is 12.3 Å². The van der Waals surface area contributed by atoms with Gasteiger partial charge in [0.25, 0.3) is 0 Å². The highest BCUT2D eigenvalue weighted by atomic mass is 32.2. The van der Waals surface area contributed by atoms with E-state index in [1.165, 1.54) is 16.7 Å². The molecule has 2 aliphatic rings. The number of nitrogens with zero attached hydrogens (tertiary/aromatic N) is 4. The number of benzene rings is 1. The number of aromatic nitrogens is 3. The highest BCUT2D eigenvalue weighted by molar-refractivity contribution is 7.99. The number of hydrogen-bond acceptors (Lipinski definition) is 5. The summed E-state index contributed by atoms with van der Waals surface area (Å²) < 4.78 is 1.88. The van der Waals surface area contributed by atoms with E-state index in [0.717, 1.165) is 30.8 Å². The van der Waals surface area contributed by atoms with Gasteiger partial charge < -0.3 is 0 Å². The zero-order valence-electron chi connectivity index (χ0n) is 13.2. The maximum Gasteiger partial charge on any atom is 0.239 e. The molecule has 24 heavy (non-hydrogen) atoms. The van der Waals surface area contributed by atoms with Crippen molar-refractivity contribution in [2.24, 2.45) is 0 Å².